The molecule has 4 heteroatoms. The zero-order chi connectivity index (χ0) is 12.0. The van der Waals surface area contributed by atoms with Gasteiger partial charge in [0.25, 0.3) is 0 Å². The van der Waals surface area contributed by atoms with Gasteiger partial charge in [-0.1, -0.05) is 0 Å². The first-order valence-electron chi connectivity index (χ1n) is 6.88. The van der Waals surface area contributed by atoms with Crippen LogP contribution >= 0.6 is 0 Å². The Morgan fingerprint density at radius 2 is 2.00 bits per heavy atom. The molecule has 3 aliphatic rings. The van der Waals surface area contributed by atoms with E-state index in [-0.39, 0.29) is 11.7 Å². The summed E-state index contributed by atoms with van der Waals surface area (Å²) in [5, 5.41) is 3.47. The quantitative estimate of drug-likeness (QED) is 0.765. The van der Waals surface area contributed by atoms with Gasteiger partial charge in [0.2, 0.25) is 5.91 Å². The minimum Gasteiger partial charge on any atom is -0.326 e. The first-order valence-corrected chi connectivity index (χ1v) is 6.88. The summed E-state index contributed by atoms with van der Waals surface area (Å²) in [6.45, 7) is 5.45. The highest BCUT2D eigenvalue weighted by atomic mass is 16.2. The molecule has 1 amide bonds. The molecule has 1 N–H and O–H groups in total. The third-order valence-corrected chi connectivity index (χ3v) is 4.67. The number of nitrogens with one attached hydrogen (secondary N) is 1. The maximum Gasteiger partial charge on any atom is 0.244 e. The Labute approximate surface area is 103 Å². The third kappa shape index (κ3) is 1.97. The van der Waals surface area contributed by atoms with Crippen molar-refractivity contribution in [3.05, 3.63) is 0 Å². The third-order valence-electron chi connectivity index (χ3n) is 4.67. The van der Waals surface area contributed by atoms with E-state index in [0.717, 1.165) is 19.4 Å². The number of piperidine rings is 1. The normalized spacial score (nSPS) is 33.6. The van der Waals surface area contributed by atoms with Crippen LogP contribution in [0.2, 0.25) is 0 Å². The van der Waals surface area contributed by atoms with Gasteiger partial charge in [-0.15, -0.1) is 0 Å². The highest BCUT2D eigenvalue weighted by molar-refractivity contribution is 5.91. The molecule has 0 aromatic carbocycles. The number of likely N-dealkylation sites (tertiary alicyclic amines) is 1. The lowest BCUT2D eigenvalue weighted by molar-refractivity contribution is -0.131. The summed E-state index contributed by atoms with van der Waals surface area (Å²) in [5.74, 6) is 1.07. The van der Waals surface area contributed by atoms with Crippen LogP contribution in [0.15, 0.2) is 0 Å². The van der Waals surface area contributed by atoms with Crippen LogP contribution < -0.4 is 5.32 Å². The summed E-state index contributed by atoms with van der Waals surface area (Å²) in [4.78, 5) is 16.8. The van der Waals surface area contributed by atoms with Crippen LogP contribution in [0.4, 0.5) is 0 Å². The van der Waals surface area contributed by atoms with Crippen LogP contribution in [0, 0.1) is 5.92 Å². The van der Waals surface area contributed by atoms with E-state index < -0.39 is 0 Å². The van der Waals surface area contributed by atoms with E-state index in [1.54, 1.807) is 0 Å². The molecule has 1 saturated carbocycles. The van der Waals surface area contributed by atoms with Crippen LogP contribution in [-0.2, 0) is 4.79 Å². The molecule has 2 aliphatic heterocycles. The Hall–Kier alpha value is -0.610. The fourth-order valence-electron chi connectivity index (χ4n) is 3.24. The van der Waals surface area contributed by atoms with E-state index >= 15 is 0 Å². The number of nitrogens with zero attached hydrogens (tertiary/aromatic N) is 2. The second kappa shape index (κ2) is 3.95. The van der Waals surface area contributed by atoms with Gasteiger partial charge in [-0.2, -0.15) is 0 Å². The Morgan fingerprint density at radius 3 is 2.53 bits per heavy atom. The lowest BCUT2D eigenvalue weighted by atomic mass is 9.96. The zero-order valence-corrected chi connectivity index (χ0v) is 10.9. The number of hydrogen-bond acceptors (Lipinski definition) is 3. The summed E-state index contributed by atoms with van der Waals surface area (Å²) in [7, 11) is 2.18. The number of carbonyl (C=O) groups excluding carboxylic acids is 1. The zero-order valence-electron chi connectivity index (χ0n) is 10.9. The molecule has 4 nitrogen and oxygen atoms in total. The molecule has 2 saturated heterocycles. The number of rotatable bonds is 2. The number of amides is 1. The van der Waals surface area contributed by atoms with Gasteiger partial charge in [-0.3, -0.25) is 10.1 Å². The van der Waals surface area contributed by atoms with Crippen molar-refractivity contribution in [3.63, 3.8) is 0 Å². The maximum atomic E-state index is 12.3. The van der Waals surface area contributed by atoms with Crippen molar-refractivity contribution < 1.29 is 4.79 Å². The van der Waals surface area contributed by atoms with E-state index in [0.29, 0.717) is 11.8 Å². The summed E-state index contributed by atoms with van der Waals surface area (Å²) >= 11 is 0. The molecule has 0 bridgehead atoms. The molecule has 1 aliphatic carbocycles. The van der Waals surface area contributed by atoms with E-state index in [9.17, 15) is 4.79 Å². The Bertz CT molecular complexity index is 319. The lowest BCUT2D eigenvalue weighted by Crippen LogP contribution is -2.41. The van der Waals surface area contributed by atoms with Crippen LogP contribution in [0.25, 0.3) is 0 Å². The molecular formula is C13H23N3O. The summed E-state index contributed by atoms with van der Waals surface area (Å²) in [6.07, 6.45) is 4.80. The molecule has 2 heterocycles. The van der Waals surface area contributed by atoms with E-state index in [1.807, 2.05) is 0 Å². The van der Waals surface area contributed by atoms with Gasteiger partial charge in [0.1, 0.15) is 0 Å². The standard InChI is InChI=1S/C13H23N3O/c1-10-14-13(5-6-13)12(17)16(10)9-11-3-7-15(2)8-4-11/h10-11,14H,3-9H2,1-2H3. The molecule has 1 unspecified atom stereocenters. The highest BCUT2D eigenvalue weighted by Gasteiger charge is 2.58. The SMILES string of the molecule is CC1NC2(CC2)C(=O)N1CC1CCN(C)CC1. The molecule has 1 spiro atoms. The summed E-state index contributed by atoms with van der Waals surface area (Å²) < 4.78 is 0. The first-order chi connectivity index (χ1) is 8.11. The molecule has 3 rings (SSSR count). The summed E-state index contributed by atoms with van der Waals surface area (Å²) in [5.41, 5.74) is -0.134. The van der Waals surface area contributed by atoms with Gasteiger partial charge >= 0.3 is 0 Å². The predicted octanol–water partition coefficient (Wildman–Crippen LogP) is 0.639. The van der Waals surface area contributed by atoms with Gasteiger partial charge in [-0.05, 0) is 58.7 Å². The number of hydrogen-bond donors (Lipinski definition) is 1. The van der Waals surface area contributed by atoms with Crippen molar-refractivity contribution in [1.82, 2.24) is 15.1 Å². The van der Waals surface area contributed by atoms with E-state index in [1.165, 1.54) is 25.9 Å². The van der Waals surface area contributed by atoms with Crippen molar-refractivity contribution >= 4 is 5.91 Å². The topological polar surface area (TPSA) is 35.6 Å². The highest BCUT2D eigenvalue weighted by Crippen LogP contribution is 2.42. The first kappa shape index (κ1) is 11.5. The van der Waals surface area contributed by atoms with Gasteiger partial charge in [-0.25, -0.2) is 0 Å². The Kier molecular flexibility index (Phi) is 2.67. The van der Waals surface area contributed by atoms with Crippen LogP contribution in [0.3, 0.4) is 0 Å². The minimum atomic E-state index is -0.134. The van der Waals surface area contributed by atoms with Crippen LogP contribution in [0.1, 0.15) is 32.6 Å². The fourth-order valence-corrected chi connectivity index (χ4v) is 3.24. The van der Waals surface area contributed by atoms with Gasteiger partial charge in [0, 0.05) is 6.54 Å². The number of carbonyl (C=O) groups is 1. The molecule has 0 aromatic rings. The fraction of sp³-hybridized carbons (Fsp3) is 0.923. The van der Waals surface area contributed by atoms with Gasteiger partial charge < -0.3 is 9.80 Å². The van der Waals surface area contributed by atoms with Gasteiger partial charge in [0.05, 0.1) is 11.7 Å². The van der Waals surface area contributed by atoms with Gasteiger partial charge in [0.15, 0.2) is 0 Å². The van der Waals surface area contributed by atoms with Crippen molar-refractivity contribution in [2.75, 3.05) is 26.7 Å². The average Bonchev–Trinajstić information content (AvgIpc) is 3.04. The molecule has 3 fully saturated rings. The van der Waals surface area contributed by atoms with Crippen LogP contribution in [0.5, 0.6) is 0 Å². The van der Waals surface area contributed by atoms with Crippen LogP contribution in [-0.4, -0.2) is 54.1 Å². The largest absolute Gasteiger partial charge is 0.326 e. The molecule has 96 valence electrons. The second-order valence-corrected chi connectivity index (χ2v) is 6.11. The molecular weight excluding hydrogens is 214 g/mol. The molecule has 1 atom stereocenters. The van der Waals surface area contributed by atoms with E-state index in [2.05, 4.69) is 29.1 Å². The van der Waals surface area contributed by atoms with Crippen molar-refractivity contribution in [2.24, 2.45) is 5.92 Å². The average molecular weight is 237 g/mol. The molecule has 0 aromatic heterocycles. The van der Waals surface area contributed by atoms with Crippen molar-refractivity contribution in [2.45, 2.75) is 44.3 Å². The molecule has 17 heavy (non-hydrogen) atoms. The monoisotopic (exact) mass is 237 g/mol. The predicted molar refractivity (Wildman–Crippen MR) is 66.5 cm³/mol. The summed E-state index contributed by atoms with van der Waals surface area (Å²) in [6, 6.07) is 0. The Morgan fingerprint density at radius 1 is 1.35 bits per heavy atom. The Balaban J connectivity index is 1.60. The lowest BCUT2D eigenvalue weighted by Gasteiger charge is -2.32. The van der Waals surface area contributed by atoms with E-state index in [4.69, 9.17) is 0 Å². The molecule has 0 radical (unpaired) electrons. The van der Waals surface area contributed by atoms with Crippen molar-refractivity contribution in [3.8, 4) is 0 Å². The smallest absolute Gasteiger partial charge is 0.244 e. The second-order valence-electron chi connectivity index (χ2n) is 6.11. The van der Waals surface area contributed by atoms with Crippen molar-refractivity contribution in [1.29, 1.82) is 0 Å². The maximum absolute atomic E-state index is 12.3. The minimum absolute atomic E-state index is 0.134.